The van der Waals surface area contributed by atoms with E-state index in [-0.39, 0.29) is 18.5 Å². The van der Waals surface area contributed by atoms with Crippen LogP contribution in [0.25, 0.3) is 0 Å². The minimum absolute atomic E-state index is 0.200. The van der Waals surface area contributed by atoms with Gasteiger partial charge in [-0.3, -0.25) is 9.69 Å². The molecule has 5 nitrogen and oxygen atoms in total. The van der Waals surface area contributed by atoms with Gasteiger partial charge in [0.25, 0.3) is 5.91 Å². The highest BCUT2D eigenvalue weighted by Gasteiger charge is 2.46. The van der Waals surface area contributed by atoms with Crippen molar-refractivity contribution < 1.29 is 9.59 Å². The average molecular weight is 326 g/mol. The van der Waals surface area contributed by atoms with E-state index < -0.39 is 5.54 Å². The maximum atomic E-state index is 12.3. The van der Waals surface area contributed by atoms with E-state index in [0.717, 1.165) is 10.0 Å². The summed E-state index contributed by atoms with van der Waals surface area (Å²) in [5, 5.41) is 2.73. The highest BCUT2D eigenvalue weighted by molar-refractivity contribution is 9.10. The largest absolute Gasteiger partial charge is 0.398 e. The molecule has 3 amide bonds. The SMILES string of the molecule is CCC1(C)NC(=O)N(Cc2cccc(N)c2Br)C1=O. The molecule has 0 bridgehead atoms. The highest BCUT2D eigenvalue weighted by Crippen LogP contribution is 2.28. The van der Waals surface area contributed by atoms with Gasteiger partial charge in [-0.05, 0) is 40.9 Å². The summed E-state index contributed by atoms with van der Waals surface area (Å²) in [6.45, 7) is 3.83. The summed E-state index contributed by atoms with van der Waals surface area (Å²) in [6.07, 6.45) is 0.562. The molecule has 0 aromatic heterocycles. The Hall–Kier alpha value is -1.56. The van der Waals surface area contributed by atoms with Gasteiger partial charge in [0.15, 0.2) is 0 Å². The molecule has 3 N–H and O–H groups in total. The molecule has 1 aliphatic heterocycles. The first-order valence-electron chi connectivity index (χ1n) is 6.06. The third-order valence-electron chi connectivity index (χ3n) is 3.49. The number of nitrogens with zero attached hydrogens (tertiary/aromatic N) is 1. The van der Waals surface area contributed by atoms with Gasteiger partial charge in [0.1, 0.15) is 5.54 Å². The third-order valence-corrected chi connectivity index (χ3v) is 4.46. The number of amides is 3. The zero-order valence-electron chi connectivity index (χ0n) is 10.9. The van der Waals surface area contributed by atoms with Crippen molar-refractivity contribution in [1.82, 2.24) is 10.2 Å². The van der Waals surface area contributed by atoms with Crippen LogP contribution < -0.4 is 11.1 Å². The lowest BCUT2D eigenvalue weighted by Gasteiger charge is -2.19. The molecule has 102 valence electrons. The van der Waals surface area contributed by atoms with Crippen LogP contribution in [0.3, 0.4) is 0 Å². The molecular weight excluding hydrogens is 310 g/mol. The lowest BCUT2D eigenvalue weighted by atomic mass is 9.99. The van der Waals surface area contributed by atoms with Gasteiger partial charge >= 0.3 is 6.03 Å². The number of imide groups is 1. The molecular formula is C13H16BrN3O2. The van der Waals surface area contributed by atoms with Crippen LogP contribution >= 0.6 is 15.9 Å². The van der Waals surface area contributed by atoms with Gasteiger partial charge in [0.05, 0.1) is 6.54 Å². The van der Waals surface area contributed by atoms with Crippen molar-refractivity contribution in [2.75, 3.05) is 5.73 Å². The van der Waals surface area contributed by atoms with Gasteiger partial charge in [-0.1, -0.05) is 19.1 Å². The Bertz CT molecular complexity index is 547. The quantitative estimate of drug-likeness (QED) is 0.661. The Morgan fingerprint density at radius 1 is 1.42 bits per heavy atom. The average Bonchev–Trinajstić information content (AvgIpc) is 2.59. The number of nitrogens with two attached hydrogens (primary N) is 1. The van der Waals surface area contributed by atoms with Gasteiger partial charge in [0, 0.05) is 10.2 Å². The Kier molecular flexibility index (Phi) is 3.54. The number of benzene rings is 1. The number of urea groups is 1. The number of carbonyl (C=O) groups is 2. The second kappa shape index (κ2) is 4.85. The summed E-state index contributed by atoms with van der Waals surface area (Å²) >= 11 is 3.38. The summed E-state index contributed by atoms with van der Waals surface area (Å²) in [5.41, 5.74) is 6.39. The zero-order chi connectivity index (χ0) is 14.2. The van der Waals surface area contributed by atoms with E-state index in [0.29, 0.717) is 12.1 Å². The molecule has 0 radical (unpaired) electrons. The van der Waals surface area contributed by atoms with Gasteiger partial charge < -0.3 is 11.1 Å². The normalized spacial score (nSPS) is 22.8. The molecule has 19 heavy (non-hydrogen) atoms. The fourth-order valence-corrected chi connectivity index (χ4v) is 2.41. The number of halogens is 1. The third kappa shape index (κ3) is 2.32. The molecule has 2 rings (SSSR count). The van der Waals surface area contributed by atoms with Gasteiger partial charge in [-0.15, -0.1) is 0 Å². The van der Waals surface area contributed by atoms with Crippen LogP contribution in [0.2, 0.25) is 0 Å². The monoisotopic (exact) mass is 325 g/mol. The Morgan fingerprint density at radius 3 is 2.68 bits per heavy atom. The van der Waals surface area contributed by atoms with E-state index in [2.05, 4.69) is 21.2 Å². The van der Waals surface area contributed by atoms with Crippen molar-refractivity contribution in [1.29, 1.82) is 0 Å². The topological polar surface area (TPSA) is 75.4 Å². The molecule has 1 aromatic carbocycles. The summed E-state index contributed by atoms with van der Waals surface area (Å²) < 4.78 is 0.723. The smallest absolute Gasteiger partial charge is 0.325 e. The molecule has 6 heteroatoms. The molecule has 1 atom stereocenters. The molecule has 1 unspecified atom stereocenters. The number of nitrogens with one attached hydrogen (secondary N) is 1. The van der Waals surface area contributed by atoms with Crippen molar-refractivity contribution in [3.05, 3.63) is 28.2 Å². The second-order valence-corrected chi connectivity index (χ2v) is 5.62. The van der Waals surface area contributed by atoms with Crippen LogP contribution in [0.4, 0.5) is 10.5 Å². The molecule has 1 aromatic rings. The summed E-state index contributed by atoms with van der Waals surface area (Å²) in [4.78, 5) is 25.4. The molecule has 1 aliphatic rings. The van der Waals surface area contributed by atoms with Gasteiger partial charge in [-0.2, -0.15) is 0 Å². The van der Waals surface area contributed by atoms with E-state index in [1.165, 1.54) is 4.90 Å². The number of anilines is 1. The molecule has 1 fully saturated rings. The summed E-state index contributed by atoms with van der Waals surface area (Å²) in [5.74, 6) is -0.200. The van der Waals surface area contributed by atoms with Crippen LogP contribution in [-0.2, 0) is 11.3 Å². The number of hydrogen-bond acceptors (Lipinski definition) is 3. The minimum Gasteiger partial charge on any atom is -0.398 e. The Balaban J connectivity index is 2.27. The standard InChI is InChI=1S/C13H16BrN3O2/c1-3-13(2)11(18)17(12(19)16-13)7-8-5-4-6-9(15)10(8)14/h4-6H,3,7,15H2,1-2H3,(H,16,19). The molecule has 0 spiro atoms. The first-order chi connectivity index (χ1) is 8.89. The van der Waals surface area contributed by atoms with E-state index in [1.54, 1.807) is 19.1 Å². The van der Waals surface area contributed by atoms with Crippen molar-refractivity contribution in [2.24, 2.45) is 0 Å². The Morgan fingerprint density at radius 2 is 2.11 bits per heavy atom. The number of rotatable bonds is 3. The first kappa shape index (κ1) is 13.9. The van der Waals surface area contributed by atoms with Crippen molar-refractivity contribution in [2.45, 2.75) is 32.4 Å². The molecule has 1 heterocycles. The van der Waals surface area contributed by atoms with E-state index >= 15 is 0 Å². The van der Waals surface area contributed by atoms with E-state index in [1.807, 2.05) is 13.0 Å². The lowest BCUT2D eigenvalue weighted by molar-refractivity contribution is -0.131. The maximum absolute atomic E-state index is 12.3. The van der Waals surface area contributed by atoms with Crippen molar-refractivity contribution in [3.63, 3.8) is 0 Å². The predicted molar refractivity (Wildman–Crippen MR) is 76.3 cm³/mol. The van der Waals surface area contributed by atoms with Crippen LogP contribution in [0.1, 0.15) is 25.8 Å². The Labute approximate surface area is 120 Å². The van der Waals surface area contributed by atoms with Gasteiger partial charge in [0.2, 0.25) is 0 Å². The number of hydrogen-bond donors (Lipinski definition) is 2. The summed E-state index contributed by atoms with van der Waals surface area (Å²) in [7, 11) is 0. The fourth-order valence-electron chi connectivity index (χ4n) is 2.02. The molecule has 0 saturated carbocycles. The highest BCUT2D eigenvalue weighted by atomic mass is 79.9. The van der Waals surface area contributed by atoms with Crippen molar-refractivity contribution in [3.8, 4) is 0 Å². The van der Waals surface area contributed by atoms with E-state index in [4.69, 9.17) is 5.73 Å². The molecule has 1 saturated heterocycles. The van der Waals surface area contributed by atoms with Crippen LogP contribution in [0, 0.1) is 0 Å². The fraction of sp³-hybridized carbons (Fsp3) is 0.385. The number of nitrogen functional groups attached to an aromatic ring is 1. The van der Waals surface area contributed by atoms with Gasteiger partial charge in [-0.25, -0.2) is 4.79 Å². The lowest BCUT2D eigenvalue weighted by Crippen LogP contribution is -2.43. The predicted octanol–water partition coefficient (Wildman–Crippen LogP) is 2.25. The maximum Gasteiger partial charge on any atom is 0.325 e. The summed E-state index contributed by atoms with van der Waals surface area (Å²) in [6, 6.07) is 5.04. The first-order valence-corrected chi connectivity index (χ1v) is 6.85. The molecule has 0 aliphatic carbocycles. The van der Waals surface area contributed by atoms with Crippen LogP contribution in [-0.4, -0.2) is 22.4 Å². The van der Waals surface area contributed by atoms with Crippen molar-refractivity contribution >= 4 is 33.6 Å². The van der Waals surface area contributed by atoms with Crippen LogP contribution in [0.5, 0.6) is 0 Å². The van der Waals surface area contributed by atoms with E-state index in [9.17, 15) is 9.59 Å². The zero-order valence-corrected chi connectivity index (χ0v) is 12.5. The number of carbonyl (C=O) groups excluding carboxylic acids is 2. The second-order valence-electron chi connectivity index (χ2n) is 4.83. The minimum atomic E-state index is -0.802. The van der Waals surface area contributed by atoms with Crippen LogP contribution in [0.15, 0.2) is 22.7 Å².